The van der Waals surface area contributed by atoms with Gasteiger partial charge in [-0.2, -0.15) is 13.2 Å². The smallest absolute Gasteiger partial charge is 0.380 e. The third-order valence-corrected chi connectivity index (χ3v) is 5.02. The van der Waals surface area contributed by atoms with E-state index in [1.807, 2.05) is 4.90 Å². The predicted octanol–water partition coefficient (Wildman–Crippen LogP) is 4.26. The van der Waals surface area contributed by atoms with Crippen molar-refractivity contribution in [1.29, 1.82) is 0 Å². The quantitative estimate of drug-likeness (QED) is 0.826. The lowest BCUT2D eigenvalue weighted by Crippen LogP contribution is -2.36. The lowest BCUT2D eigenvalue weighted by molar-refractivity contribution is -0.138. The number of hydrogen-bond acceptors (Lipinski definition) is 5. The highest BCUT2D eigenvalue weighted by atomic mass is 35.5. The summed E-state index contributed by atoms with van der Waals surface area (Å²) in [7, 11) is 0. The van der Waals surface area contributed by atoms with Crippen LogP contribution < -0.4 is 5.32 Å². The van der Waals surface area contributed by atoms with E-state index in [1.165, 1.54) is 17.4 Å². The summed E-state index contributed by atoms with van der Waals surface area (Å²) in [6.07, 6.45) is -2.79. The molecule has 4 nitrogen and oxygen atoms in total. The first kappa shape index (κ1) is 18.4. The molecule has 0 atom stereocenters. The third kappa shape index (κ3) is 5.07. The maximum absolute atomic E-state index is 13.5. The molecule has 0 amide bonds. The maximum atomic E-state index is 13.5. The number of benzene rings is 1. The summed E-state index contributed by atoms with van der Waals surface area (Å²) < 4.78 is 46.0. The molecule has 0 saturated carbocycles. The van der Waals surface area contributed by atoms with E-state index in [0.717, 1.165) is 4.88 Å². The summed E-state index contributed by atoms with van der Waals surface area (Å²) >= 11 is 7.05. The molecule has 0 unspecified atom stereocenters. The standard InChI is InChI=1S/C16H17ClF3N3OS/c17-15-22-9-13(25-15)8-21-12-2-1-11(14(7-12)16(18,19)20)10-23-3-5-24-6-4-23/h1-2,7,9,21H,3-6,8,10H2. The summed E-state index contributed by atoms with van der Waals surface area (Å²) in [6.45, 7) is 3.04. The van der Waals surface area contributed by atoms with Crippen molar-refractivity contribution in [3.8, 4) is 0 Å². The number of alkyl halides is 3. The predicted molar refractivity (Wildman–Crippen MR) is 92.0 cm³/mol. The van der Waals surface area contributed by atoms with Crippen LogP contribution in [-0.2, 0) is 24.0 Å². The van der Waals surface area contributed by atoms with E-state index < -0.39 is 11.7 Å². The van der Waals surface area contributed by atoms with E-state index in [0.29, 0.717) is 43.0 Å². The Labute approximate surface area is 152 Å². The number of nitrogens with zero attached hydrogens (tertiary/aromatic N) is 2. The van der Waals surface area contributed by atoms with Gasteiger partial charge in [-0.1, -0.05) is 17.7 Å². The van der Waals surface area contributed by atoms with Gasteiger partial charge in [0.25, 0.3) is 0 Å². The van der Waals surface area contributed by atoms with Gasteiger partial charge in [0.2, 0.25) is 0 Å². The first-order chi connectivity index (χ1) is 11.9. The fourth-order valence-electron chi connectivity index (χ4n) is 2.64. The van der Waals surface area contributed by atoms with Crippen LogP contribution in [0.5, 0.6) is 0 Å². The summed E-state index contributed by atoms with van der Waals surface area (Å²) in [5.41, 5.74) is 0.0923. The number of anilines is 1. The molecule has 3 rings (SSSR count). The summed E-state index contributed by atoms with van der Waals surface area (Å²) in [6, 6.07) is 4.38. The number of rotatable bonds is 5. The topological polar surface area (TPSA) is 37.4 Å². The van der Waals surface area contributed by atoms with Gasteiger partial charge >= 0.3 is 6.18 Å². The van der Waals surface area contributed by atoms with Gasteiger partial charge in [-0.3, -0.25) is 4.90 Å². The van der Waals surface area contributed by atoms with Gasteiger partial charge in [-0.25, -0.2) is 4.98 Å². The first-order valence-corrected chi connectivity index (χ1v) is 8.95. The molecular formula is C16H17ClF3N3OS. The SMILES string of the molecule is FC(F)(F)c1cc(NCc2cnc(Cl)s2)ccc1CN1CCOCC1. The monoisotopic (exact) mass is 391 g/mol. The van der Waals surface area contributed by atoms with E-state index in [-0.39, 0.29) is 12.1 Å². The van der Waals surface area contributed by atoms with Crippen LogP contribution in [0, 0.1) is 0 Å². The lowest BCUT2D eigenvalue weighted by Gasteiger charge is -2.28. The van der Waals surface area contributed by atoms with Crippen LogP contribution in [0.15, 0.2) is 24.4 Å². The molecule has 0 spiro atoms. The molecule has 25 heavy (non-hydrogen) atoms. The maximum Gasteiger partial charge on any atom is 0.416 e. The Kier molecular flexibility index (Phi) is 5.83. The molecular weight excluding hydrogens is 375 g/mol. The minimum absolute atomic E-state index is 0.267. The Balaban J connectivity index is 1.74. The number of thiazole rings is 1. The third-order valence-electron chi connectivity index (χ3n) is 3.91. The van der Waals surface area contributed by atoms with Crippen LogP contribution in [0.25, 0.3) is 0 Å². The van der Waals surface area contributed by atoms with E-state index in [1.54, 1.807) is 18.3 Å². The second-order valence-electron chi connectivity index (χ2n) is 5.69. The molecule has 2 heterocycles. The van der Waals surface area contributed by atoms with Gasteiger partial charge in [0, 0.05) is 36.4 Å². The van der Waals surface area contributed by atoms with Crippen molar-refractivity contribution in [2.24, 2.45) is 0 Å². The summed E-state index contributed by atoms with van der Waals surface area (Å²) in [4.78, 5) is 6.74. The van der Waals surface area contributed by atoms with Crippen LogP contribution in [0.3, 0.4) is 0 Å². The van der Waals surface area contributed by atoms with Gasteiger partial charge in [-0.15, -0.1) is 11.3 Å². The van der Waals surface area contributed by atoms with E-state index in [2.05, 4.69) is 10.3 Å². The molecule has 1 aromatic carbocycles. The molecule has 1 aromatic heterocycles. The van der Waals surface area contributed by atoms with Crippen molar-refractivity contribution in [3.05, 3.63) is 44.9 Å². The molecule has 1 saturated heterocycles. The zero-order valence-electron chi connectivity index (χ0n) is 13.3. The number of ether oxygens (including phenoxy) is 1. The van der Waals surface area contributed by atoms with Crippen LogP contribution in [0.1, 0.15) is 16.0 Å². The number of halogens is 4. The Bertz CT molecular complexity index is 717. The van der Waals surface area contributed by atoms with Crippen LogP contribution in [-0.4, -0.2) is 36.2 Å². The largest absolute Gasteiger partial charge is 0.416 e. The Morgan fingerprint density at radius 3 is 2.68 bits per heavy atom. The summed E-state index contributed by atoms with van der Waals surface area (Å²) in [5.74, 6) is 0. The van der Waals surface area contributed by atoms with Crippen molar-refractivity contribution < 1.29 is 17.9 Å². The van der Waals surface area contributed by atoms with Crippen molar-refractivity contribution >= 4 is 28.6 Å². The molecule has 1 fully saturated rings. The minimum atomic E-state index is -4.40. The van der Waals surface area contributed by atoms with Crippen molar-refractivity contribution in [1.82, 2.24) is 9.88 Å². The van der Waals surface area contributed by atoms with E-state index in [4.69, 9.17) is 16.3 Å². The van der Waals surface area contributed by atoms with Gasteiger partial charge in [0.05, 0.1) is 25.3 Å². The average molecular weight is 392 g/mol. The van der Waals surface area contributed by atoms with Crippen molar-refractivity contribution in [2.75, 3.05) is 31.6 Å². The minimum Gasteiger partial charge on any atom is -0.380 e. The molecule has 0 radical (unpaired) electrons. The van der Waals surface area contributed by atoms with Gasteiger partial charge in [0.15, 0.2) is 4.47 Å². The van der Waals surface area contributed by atoms with Gasteiger partial charge in [-0.05, 0) is 17.7 Å². The van der Waals surface area contributed by atoms with Gasteiger partial charge < -0.3 is 10.1 Å². The van der Waals surface area contributed by atoms with Crippen molar-refractivity contribution in [3.63, 3.8) is 0 Å². The molecule has 2 aromatic rings. The Hall–Kier alpha value is -1.35. The molecule has 9 heteroatoms. The second-order valence-corrected chi connectivity index (χ2v) is 7.39. The average Bonchev–Trinajstić information content (AvgIpc) is 2.99. The molecule has 1 aliphatic rings. The highest BCUT2D eigenvalue weighted by Gasteiger charge is 2.34. The van der Waals surface area contributed by atoms with E-state index in [9.17, 15) is 13.2 Å². The number of hydrogen-bond donors (Lipinski definition) is 1. The number of aromatic nitrogens is 1. The van der Waals surface area contributed by atoms with Crippen LogP contribution in [0.4, 0.5) is 18.9 Å². The second kappa shape index (κ2) is 7.90. The highest BCUT2D eigenvalue weighted by Crippen LogP contribution is 2.34. The van der Waals surface area contributed by atoms with Crippen molar-refractivity contribution in [2.45, 2.75) is 19.3 Å². The fourth-order valence-corrected chi connectivity index (χ4v) is 3.56. The van der Waals surface area contributed by atoms with Gasteiger partial charge in [0.1, 0.15) is 0 Å². The molecule has 0 aliphatic carbocycles. The molecule has 1 aliphatic heterocycles. The fraction of sp³-hybridized carbons (Fsp3) is 0.438. The van der Waals surface area contributed by atoms with E-state index >= 15 is 0 Å². The first-order valence-electron chi connectivity index (χ1n) is 7.76. The summed E-state index contributed by atoms with van der Waals surface area (Å²) in [5, 5.41) is 3.00. The number of nitrogens with one attached hydrogen (secondary N) is 1. The number of morpholine rings is 1. The van der Waals surface area contributed by atoms with Crippen LogP contribution in [0.2, 0.25) is 4.47 Å². The zero-order valence-corrected chi connectivity index (χ0v) is 14.8. The van der Waals surface area contributed by atoms with Crippen LogP contribution >= 0.6 is 22.9 Å². The zero-order chi connectivity index (χ0) is 17.9. The molecule has 0 bridgehead atoms. The normalized spacial score (nSPS) is 16.2. The Morgan fingerprint density at radius 1 is 1.28 bits per heavy atom. The molecule has 1 N–H and O–H groups in total. The highest BCUT2D eigenvalue weighted by molar-refractivity contribution is 7.15. The lowest BCUT2D eigenvalue weighted by atomic mass is 10.0. The Morgan fingerprint density at radius 2 is 2.04 bits per heavy atom. The molecule has 136 valence electrons.